The van der Waals surface area contributed by atoms with Crippen LogP contribution in [0.2, 0.25) is 0 Å². The summed E-state index contributed by atoms with van der Waals surface area (Å²) in [6.07, 6.45) is 3.45. The third-order valence-electron chi connectivity index (χ3n) is 3.43. The van der Waals surface area contributed by atoms with Crippen molar-refractivity contribution in [1.82, 2.24) is 19.7 Å². The quantitative estimate of drug-likeness (QED) is 0.444. The molecule has 0 radical (unpaired) electrons. The molecule has 0 aliphatic carbocycles. The van der Waals surface area contributed by atoms with E-state index in [0.29, 0.717) is 0 Å². The maximum atomic E-state index is 12.1. The minimum absolute atomic E-state index is 0.0673. The van der Waals surface area contributed by atoms with Crippen LogP contribution in [0.15, 0.2) is 53.9 Å². The second-order valence-corrected chi connectivity index (χ2v) is 7.32. The molecular weight excluding hydrogens is 449 g/mol. The van der Waals surface area contributed by atoms with Crippen molar-refractivity contribution in [1.29, 1.82) is 0 Å². The number of thioether (sulfide) groups is 1. The number of nitrogens with one attached hydrogen (secondary N) is 1. The molecule has 0 bridgehead atoms. The molecule has 8 heteroatoms. The van der Waals surface area contributed by atoms with E-state index in [1.165, 1.54) is 11.8 Å². The van der Waals surface area contributed by atoms with E-state index in [1.54, 1.807) is 12.4 Å². The Bertz CT molecular complexity index is 851. The second-order valence-electron chi connectivity index (χ2n) is 5.13. The van der Waals surface area contributed by atoms with Gasteiger partial charge >= 0.3 is 0 Å². The Morgan fingerprint density at radius 1 is 1.16 bits per heavy atom. The van der Waals surface area contributed by atoms with Crippen LogP contribution in [-0.4, -0.2) is 31.4 Å². The molecule has 6 nitrogen and oxygen atoms in total. The Labute approximate surface area is 163 Å². The van der Waals surface area contributed by atoms with Crippen molar-refractivity contribution >= 4 is 45.9 Å². The van der Waals surface area contributed by atoms with E-state index in [9.17, 15) is 4.79 Å². The van der Waals surface area contributed by atoms with Gasteiger partial charge in [-0.05, 0) is 65.9 Å². The average molecular weight is 465 g/mol. The lowest BCUT2D eigenvalue weighted by atomic mass is 10.2. The van der Waals surface area contributed by atoms with Crippen LogP contribution < -0.4 is 5.32 Å². The van der Waals surface area contributed by atoms with Crippen LogP contribution in [0, 0.1) is 3.57 Å². The van der Waals surface area contributed by atoms with Crippen molar-refractivity contribution < 1.29 is 4.79 Å². The van der Waals surface area contributed by atoms with E-state index < -0.39 is 0 Å². The highest BCUT2D eigenvalue weighted by Crippen LogP contribution is 2.23. The Balaban J connectivity index is 1.66. The van der Waals surface area contributed by atoms with Crippen LogP contribution in [0.1, 0.15) is 6.92 Å². The molecule has 0 spiro atoms. The molecule has 3 aromatic rings. The lowest BCUT2D eigenvalue weighted by Gasteiger charge is -2.08. The fourth-order valence-corrected chi connectivity index (χ4v) is 3.42. The van der Waals surface area contributed by atoms with Gasteiger partial charge in [-0.3, -0.25) is 9.78 Å². The maximum absolute atomic E-state index is 12.1. The molecule has 0 aliphatic rings. The number of amides is 1. The van der Waals surface area contributed by atoms with E-state index in [-0.39, 0.29) is 11.7 Å². The first-order chi connectivity index (χ1) is 12.2. The van der Waals surface area contributed by atoms with E-state index in [1.807, 2.05) is 47.9 Å². The van der Waals surface area contributed by atoms with Gasteiger partial charge in [0.25, 0.3) is 0 Å². The molecule has 2 aromatic heterocycles. The summed E-state index contributed by atoms with van der Waals surface area (Å²) in [6.45, 7) is 2.76. The number of halogens is 1. The summed E-state index contributed by atoms with van der Waals surface area (Å²) in [7, 11) is 0. The fraction of sp³-hybridized carbons (Fsp3) is 0.176. The predicted molar refractivity (Wildman–Crippen MR) is 107 cm³/mol. The molecule has 3 rings (SSSR count). The van der Waals surface area contributed by atoms with E-state index in [4.69, 9.17) is 0 Å². The summed E-state index contributed by atoms with van der Waals surface area (Å²) in [6, 6.07) is 11.5. The number of carbonyl (C=O) groups excluding carboxylic acids is 1. The SMILES string of the molecule is CCn1c(SCC(=O)Nc2ccc(I)cc2)nnc1-c1ccncc1. The highest BCUT2D eigenvalue weighted by atomic mass is 127. The fourth-order valence-electron chi connectivity index (χ4n) is 2.26. The summed E-state index contributed by atoms with van der Waals surface area (Å²) >= 11 is 3.61. The lowest BCUT2D eigenvalue weighted by Crippen LogP contribution is -2.14. The van der Waals surface area contributed by atoms with Gasteiger partial charge in [0, 0.05) is 33.8 Å². The average Bonchev–Trinajstić information content (AvgIpc) is 3.05. The molecule has 0 atom stereocenters. The molecule has 1 N–H and O–H groups in total. The van der Waals surface area contributed by atoms with E-state index >= 15 is 0 Å². The Kier molecular flexibility index (Phi) is 6.03. The van der Waals surface area contributed by atoms with Gasteiger partial charge in [-0.15, -0.1) is 10.2 Å². The van der Waals surface area contributed by atoms with Crippen LogP contribution in [0.3, 0.4) is 0 Å². The zero-order valence-corrected chi connectivity index (χ0v) is 16.5. The molecule has 1 aromatic carbocycles. The normalized spacial score (nSPS) is 10.6. The van der Waals surface area contributed by atoms with Gasteiger partial charge in [0.15, 0.2) is 11.0 Å². The zero-order chi connectivity index (χ0) is 17.6. The summed E-state index contributed by atoms with van der Waals surface area (Å²) in [5.74, 6) is 0.994. The van der Waals surface area contributed by atoms with Crippen LogP contribution in [-0.2, 0) is 11.3 Å². The van der Waals surface area contributed by atoms with Crippen molar-refractivity contribution in [2.75, 3.05) is 11.1 Å². The van der Waals surface area contributed by atoms with Gasteiger partial charge in [0.2, 0.25) is 5.91 Å². The Hall–Kier alpha value is -1.94. The summed E-state index contributed by atoms with van der Waals surface area (Å²) < 4.78 is 3.13. The van der Waals surface area contributed by atoms with Gasteiger partial charge in [-0.25, -0.2) is 0 Å². The molecule has 128 valence electrons. The molecule has 2 heterocycles. The van der Waals surface area contributed by atoms with Crippen molar-refractivity contribution in [3.05, 3.63) is 52.4 Å². The number of benzene rings is 1. The van der Waals surface area contributed by atoms with Gasteiger partial charge in [-0.1, -0.05) is 11.8 Å². The van der Waals surface area contributed by atoms with Crippen molar-refractivity contribution in [2.45, 2.75) is 18.6 Å². The number of rotatable bonds is 6. The van der Waals surface area contributed by atoms with Crippen LogP contribution in [0.5, 0.6) is 0 Å². The molecule has 0 unspecified atom stereocenters. The number of pyridine rings is 1. The standard InChI is InChI=1S/C17H16IN5OS/c1-2-23-16(12-7-9-19-10-8-12)21-22-17(23)25-11-15(24)20-14-5-3-13(18)4-6-14/h3-10H,2,11H2,1H3,(H,20,24). The Morgan fingerprint density at radius 2 is 1.88 bits per heavy atom. The number of aromatic nitrogens is 4. The number of carbonyl (C=O) groups is 1. The minimum atomic E-state index is -0.0673. The maximum Gasteiger partial charge on any atom is 0.234 e. The summed E-state index contributed by atoms with van der Waals surface area (Å²) in [5.41, 5.74) is 1.75. The predicted octanol–water partition coefficient (Wildman–Crippen LogP) is 3.70. The van der Waals surface area contributed by atoms with E-state index in [2.05, 4.69) is 43.1 Å². The summed E-state index contributed by atoms with van der Waals surface area (Å²) in [4.78, 5) is 16.2. The number of hydrogen-bond acceptors (Lipinski definition) is 5. The molecule has 0 aliphatic heterocycles. The number of nitrogens with zero attached hydrogens (tertiary/aromatic N) is 4. The van der Waals surface area contributed by atoms with E-state index in [0.717, 1.165) is 32.3 Å². The van der Waals surface area contributed by atoms with Crippen molar-refractivity contribution in [3.8, 4) is 11.4 Å². The van der Waals surface area contributed by atoms with Crippen LogP contribution in [0.4, 0.5) is 5.69 Å². The summed E-state index contributed by atoms with van der Waals surface area (Å²) in [5, 5.41) is 12.1. The number of hydrogen-bond donors (Lipinski definition) is 1. The molecule has 0 saturated heterocycles. The highest BCUT2D eigenvalue weighted by molar-refractivity contribution is 14.1. The first-order valence-electron chi connectivity index (χ1n) is 7.69. The second kappa shape index (κ2) is 8.43. The largest absolute Gasteiger partial charge is 0.325 e. The van der Waals surface area contributed by atoms with Gasteiger partial charge in [0.1, 0.15) is 0 Å². The monoisotopic (exact) mass is 465 g/mol. The Morgan fingerprint density at radius 3 is 2.56 bits per heavy atom. The van der Waals surface area contributed by atoms with Gasteiger partial charge < -0.3 is 9.88 Å². The number of anilines is 1. The molecule has 0 fully saturated rings. The molecular formula is C17H16IN5OS. The lowest BCUT2D eigenvalue weighted by molar-refractivity contribution is -0.113. The van der Waals surface area contributed by atoms with Crippen LogP contribution >= 0.6 is 34.4 Å². The molecule has 0 saturated carbocycles. The highest BCUT2D eigenvalue weighted by Gasteiger charge is 2.14. The van der Waals surface area contributed by atoms with Crippen LogP contribution in [0.25, 0.3) is 11.4 Å². The zero-order valence-electron chi connectivity index (χ0n) is 13.5. The van der Waals surface area contributed by atoms with Gasteiger partial charge in [-0.2, -0.15) is 0 Å². The third kappa shape index (κ3) is 4.57. The topological polar surface area (TPSA) is 72.7 Å². The minimum Gasteiger partial charge on any atom is -0.325 e. The molecule has 25 heavy (non-hydrogen) atoms. The van der Waals surface area contributed by atoms with Crippen molar-refractivity contribution in [3.63, 3.8) is 0 Å². The first kappa shape index (κ1) is 17.9. The van der Waals surface area contributed by atoms with Crippen molar-refractivity contribution in [2.24, 2.45) is 0 Å². The first-order valence-corrected chi connectivity index (χ1v) is 9.75. The third-order valence-corrected chi connectivity index (χ3v) is 5.12. The smallest absolute Gasteiger partial charge is 0.234 e. The molecule has 1 amide bonds. The van der Waals surface area contributed by atoms with Gasteiger partial charge in [0.05, 0.1) is 5.75 Å².